The van der Waals surface area contributed by atoms with Crippen LogP contribution in [0.2, 0.25) is 0 Å². The monoisotopic (exact) mass is 262 g/mol. The molecule has 2 rings (SSSR count). The molecule has 0 atom stereocenters. The number of nitrogens with two attached hydrogens (primary N) is 1. The maximum Gasteiger partial charge on any atom is 0.113 e. The van der Waals surface area contributed by atoms with Crippen LogP contribution in [0.1, 0.15) is 43.3 Å². The predicted octanol–water partition coefficient (Wildman–Crippen LogP) is 2.83. The van der Waals surface area contributed by atoms with Crippen LogP contribution in [0.5, 0.6) is 0 Å². The van der Waals surface area contributed by atoms with Crippen LogP contribution in [0.4, 0.5) is 0 Å². The quantitative estimate of drug-likeness (QED) is 0.908. The fourth-order valence-corrected chi connectivity index (χ4v) is 3.01. The molecule has 16 heavy (non-hydrogen) atoms. The van der Waals surface area contributed by atoms with Crippen molar-refractivity contribution in [1.82, 2.24) is 4.98 Å². The topological polar surface area (TPSA) is 48.1 Å². The first-order chi connectivity index (χ1) is 7.24. The second-order valence-electron chi connectivity index (χ2n) is 4.14. The molecule has 0 bridgehead atoms. The van der Waals surface area contributed by atoms with Crippen LogP contribution in [0.25, 0.3) is 0 Å². The van der Waals surface area contributed by atoms with Gasteiger partial charge in [-0.3, -0.25) is 0 Å². The first kappa shape index (κ1) is 13.9. The molecule has 92 valence electrons. The van der Waals surface area contributed by atoms with Crippen molar-refractivity contribution in [3.05, 3.63) is 16.1 Å². The number of aromatic nitrogens is 1. The minimum absolute atomic E-state index is 0. The standard InChI is InChI=1S/C11H18N2OS.ClH/c1-2-14-7-9-8-15-10(13-9)11(12)5-3-4-6-11;/h8H,2-7,12H2,1H3;1H. The van der Waals surface area contributed by atoms with Gasteiger partial charge < -0.3 is 10.5 Å². The summed E-state index contributed by atoms with van der Waals surface area (Å²) in [5.74, 6) is 0. The lowest BCUT2D eigenvalue weighted by Gasteiger charge is -2.19. The first-order valence-electron chi connectivity index (χ1n) is 5.56. The zero-order valence-electron chi connectivity index (χ0n) is 9.57. The largest absolute Gasteiger partial charge is 0.375 e. The second-order valence-corrected chi connectivity index (χ2v) is 5.00. The van der Waals surface area contributed by atoms with E-state index in [4.69, 9.17) is 10.5 Å². The fraction of sp³-hybridized carbons (Fsp3) is 0.727. The molecule has 1 saturated carbocycles. The molecule has 0 radical (unpaired) electrons. The SMILES string of the molecule is CCOCc1csc(C2(N)CCCC2)n1.Cl. The van der Waals surface area contributed by atoms with Crippen molar-refractivity contribution in [1.29, 1.82) is 0 Å². The molecule has 0 aliphatic heterocycles. The highest BCUT2D eigenvalue weighted by Gasteiger charge is 2.33. The third kappa shape index (κ3) is 2.94. The van der Waals surface area contributed by atoms with Crippen LogP contribution in [0.3, 0.4) is 0 Å². The van der Waals surface area contributed by atoms with Crippen LogP contribution in [0.15, 0.2) is 5.38 Å². The average Bonchev–Trinajstić information content (AvgIpc) is 2.84. The molecule has 3 nitrogen and oxygen atoms in total. The predicted molar refractivity (Wildman–Crippen MR) is 69.0 cm³/mol. The van der Waals surface area contributed by atoms with Gasteiger partial charge in [0.25, 0.3) is 0 Å². The smallest absolute Gasteiger partial charge is 0.113 e. The number of ether oxygens (including phenoxy) is 1. The number of hydrogen-bond donors (Lipinski definition) is 1. The molecule has 1 aromatic rings. The van der Waals surface area contributed by atoms with Crippen molar-refractivity contribution in [2.45, 2.75) is 44.8 Å². The lowest BCUT2D eigenvalue weighted by atomic mass is 10.0. The minimum atomic E-state index is -0.144. The van der Waals surface area contributed by atoms with Crippen molar-refractivity contribution < 1.29 is 4.74 Å². The van der Waals surface area contributed by atoms with E-state index < -0.39 is 0 Å². The van der Waals surface area contributed by atoms with Gasteiger partial charge in [-0.15, -0.1) is 23.7 Å². The van der Waals surface area contributed by atoms with Gasteiger partial charge in [0.05, 0.1) is 17.8 Å². The molecule has 0 saturated heterocycles. The van der Waals surface area contributed by atoms with E-state index in [2.05, 4.69) is 10.4 Å². The lowest BCUT2D eigenvalue weighted by molar-refractivity contribution is 0.131. The van der Waals surface area contributed by atoms with Gasteiger partial charge in [-0.25, -0.2) is 4.98 Å². The summed E-state index contributed by atoms with van der Waals surface area (Å²) in [7, 11) is 0. The Hall–Kier alpha value is -0.160. The molecule has 0 amide bonds. The number of rotatable bonds is 4. The van der Waals surface area contributed by atoms with E-state index in [1.165, 1.54) is 12.8 Å². The number of thiazole rings is 1. The van der Waals surface area contributed by atoms with Gasteiger partial charge in [0.15, 0.2) is 0 Å². The van der Waals surface area contributed by atoms with Gasteiger partial charge in [0.1, 0.15) is 5.01 Å². The Kier molecular flexibility index (Phi) is 5.18. The highest BCUT2D eigenvalue weighted by Crippen LogP contribution is 2.37. The van der Waals surface area contributed by atoms with Crippen LogP contribution in [0, 0.1) is 0 Å². The first-order valence-corrected chi connectivity index (χ1v) is 6.44. The van der Waals surface area contributed by atoms with Gasteiger partial charge in [0, 0.05) is 12.0 Å². The Labute approximate surface area is 107 Å². The van der Waals surface area contributed by atoms with E-state index in [-0.39, 0.29) is 17.9 Å². The van der Waals surface area contributed by atoms with E-state index in [1.807, 2.05) is 6.92 Å². The normalized spacial score (nSPS) is 18.4. The van der Waals surface area contributed by atoms with Gasteiger partial charge in [0.2, 0.25) is 0 Å². The molecule has 1 heterocycles. The second kappa shape index (κ2) is 5.96. The number of hydrogen-bond acceptors (Lipinski definition) is 4. The molecule has 2 N–H and O–H groups in total. The van der Waals surface area contributed by atoms with E-state index in [9.17, 15) is 0 Å². The summed E-state index contributed by atoms with van der Waals surface area (Å²) >= 11 is 1.68. The van der Waals surface area contributed by atoms with Crippen molar-refractivity contribution in [3.8, 4) is 0 Å². The third-order valence-electron chi connectivity index (χ3n) is 2.93. The molecule has 1 aliphatic carbocycles. The molecule has 0 unspecified atom stereocenters. The Morgan fingerprint density at radius 3 is 2.81 bits per heavy atom. The van der Waals surface area contributed by atoms with E-state index >= 15 is 0 Å². The Morgan fingerprint density at radius 1 is 1.50 bits per heavy atom. The summed E-state index contributed by atoms with van der Waals surface area (Å²) in [6, 6.07) is 0. The Morgan fingerprint density at radius 2 is 2.19 bits per heavy atom. The maximum atomic E-state index is 6.33. The third-order valence-corrected chi connectivity index (χ3v) is 4.04. The van der Waals surface area contributed by atoms with Crippen molar-refractivity contribution >= 4 is 23.7 Å². The van der Waals surface area contributed by atoms with Crippen LogP contribution in [-0.4, -0.2) is 11.6 Å². The van der Waals surface area contributed by atoms with Gasteiger partial charge in [-0.05, 0) is 19.8 Å². The minimum Gasteiger partial charge on any atom is -0.375 e. The average molecular weight is 263 g/mol. The highest BCUT2D eigenvalue weighted by molar-refractivity contribution is 7.09. The summed E-state index contributed by atoms with van der Waals surface area (Å²) in [5, 5.41) is 3.16. The summed E-state index contributed by atoms with van der Waals surface area (Å²) in [5.41, 5.74) is 7.21. The molecule has 1 aliphatic rings. The van der Waals surface area contributed by atoms with Gasteiger partial charge in [-0.2, -0.15) is 0 Å². The Balaban J connectivity index is 0.00000128. The number of halogens is 1. The molecular formula is C11H19ClN2OS. The molecule has 0 aromatic carbocycles. The zero-order chi connectivity index (χ0) is 10.7. The number of nitrogens with zero attached hydrogens (tertiary/aromatic N) is 1. The van der Waals surface area contributed by atoms with Crippen LogP contribution >= 0.6 is 23.7 Å². The summed E-state index contributed by atoms with van der Waals surface area (Å²) < 4.78 is 5.33. The summed E-state index contributed by atoms with van der Waals surface area (Å²) in [4.78, 5) is 4.57. The fourth-order valence-electron chi connectivity index (χ4n) is 2.03. The van der Waals surface area contributed by atoms with E-state index in [0.717, 1.165) is 30.2 Å². The van der Waals surface area contributed by atoms with Crippen LogP contribution in [-0.2, 0) is 16.9 Å². The molecular weight excluding hydrogens is 244 g/mol. The van der Waals surface area contributed by atoms with E-state index in [0.29, 0.717) is 6.61 Å². The van der Waals surface area contributed by atoms with Crippen LogP contribution < -0.4 is 5.73 Å². The van der Waals surface area contributed by atoms with Gasteiger partial charge in [-0.1, -0.05) is 12.8 Å². The van der Waals surface area contributed by atoms with E-state index in [1.54, 1.807) is 11.3 Å². The van der Waals surface area contributed by atoms with Crippen molar-refractivity contribution in [3.63, 3.8) is 0 Å². The van der Waals surface area contributed by atoms with Gasteiger partial charge >= 0.3 is 0 Å². The maximum absolute atomic E-state index is 6.33. The van der Waals surface area contributed by atoms with Crippen molar-refractivity contribution in [2.75, 3.05) is 6.61 Å². The summed E-state index contributed by atoms with van der Waals surface area (Å²) in [6.07, 6.45) is 4.62. The Bertz CT molecular complexity index is 324. The molecule has 1 fully saturated rings. The highest BCUT2D eigenvalue weighted by atomic mass is 35.5. The lowest BCUT2D eigenvalue weighted by Crippen LogP contribution is -2.32. The molecule has 0 spiro atoms. The molecule has 5 heteroatoms. The van der Waals surface area contributed by atoms with Crippen molar-refractivity contribution in [2.24, 2.45) is 5.73 Å². The molecule has 1 aromatic heterocycles. The summed E-state index contributed by atoms with van der Waals surface area (Å²) in [6.45, 7) is 3.35. The zero-order valence-corrected chi connectivity index (χ0v) is 11.2.